The van der Waals surface area contributed by atoms with Crippen molar-refractivity contribution in [1.82, 2.24) is 5.32 Å². The summed E-state index contributed by atoms with van der Waals surface area (Å²) in [5, 5.41) is 3.15. The predicted molar refractivity (Wildman–Crippen MR) is 26.6 cm³/mol. The molecule has 0 bridgehead atoms. The third kappa shape index (κ3) is 0.830. The number of nitrogens with one attached hydrogen (secondary N) is 1. The molecule has 1 atom stereocenters. The van der Waals surface area contributed by atoms with Crippen LogP contribution in [0.2, 0.25) is 0 Å². The van der Waals surface area contributed by atoms with E-state index in [1.807, 2.05) is 6.92 Å². The third-order valence-corrected chi connectivity index (χ3v) is 0.865. The van der Waals surface area contributed by atoms with Crippen molar-refractivity contribution < 1.29 is 0 Å². The van der Waals surface area contributed by atoms with Gasteiger partial charge < -0.3 is 5.32 Å². The fraction of sp³-hybridized carbons (Fsp3) is 0.600. The van der Waals surface area contributed by atoms with E-state index < -0.39 is 0 Å². The van der Waals surface area contributed by atoms with Gasteiger partial charge in [0.05, 0.1) is 0 Å². The van der Waals surface area contributed by atoms with Crippen molar-refractivity contribution in [3.63, 3.8) is 0 Å². The summed E-state index contributed by atoms with van der Waals surface area (Å²) in [6, 6.07) is 0.718. The molecule has 34 valence electrons. The Morgan fingerprint density at radius 2 is 2.50 bits per heavy atom. The molecule has 0 aliphatic carbocycles. The van der Waals surface area contributed by atoms with Gasteiger partial charge in [0.15, 0.2) is 0 Å². The molecule has 0 aromatic heterocycles. The van der Waals surface area contributed by atoms with Crippen LogP contribution in [0.15, 0.2) is 12.2 Å². The minimum atomic E-state index is 0.718. The number of hydrogen-bond donors (Lipinski definition) is 1. The maximum absolute atomic E-state index is 3.15. The van der Waals surface area contributed by atoms with E-state index in [9.17, 15) is 0 Å². The fourth-order valence-corrected chi connectivity index (χ4v) is 0.436. The van der Waals surface area contributed by atoms with Gasteiger partial charge in [-0.25, -0.2) is 0 Å². The monoisotopic (exact) mass is 83.1 g/mol. The van der Waals surface area contributed by atoms with E-state index >= 15 is 0 Å². The predicted octanol–water partition coefficient (Wildman–Crippen LogP) is 0.534. The van der Waals surface area contributed by atoms with Crippen molar-refractivity contribution in [2.24, 2.45) is 0 Å². The first-order valence-corrected chi connectivity index (χ1v) is 2.29. The van der Waals surface area contributed by atoms with Gasteiger partial charge >= 0.3 is 0 Å². The molecule has 1 aliphatic rings. The average Bonchev–Trinajstić information content (AvgIpc) is 2.21. The lowest BCUT2D eigenvalue weighted by Gasteiger charge is -1.68. The lowest BCUT2D eigenvalue weighted by molar-refractivity contribution is 1.20. The number of hydrogen-bond acceptors (Lipinski definition) is 1. The Kier molecular flexibility index (Phi) is 0.926. The van der Waals surface area contributed by atoms with Gasteiger partial charge in [-0.1, -0.05) is 12.2 Å². The fourth-order valence-electron chi connectivity index (χ4n) is 0.436. The second-order valence-electron chi connectivity index (χ2n) is 1.54. The Morgan fingerprint density at radius 1 is 1.83 bits per heavy atom. The van der Waals surface area contributed by atoms with Gasteiger partial charge in [0, 0.05) is 12.6 Å². The summed E-state index contributed by atoms with van der Waals surface area (Å²) in [7, 11) is 0. The second-order valence-corrected chi connectivity index (χ2v) is 1.54. The third-order valence-electron chi connectivity index (χ3n) is 0.865. The standard InChI is InChI=1S/C5H9N/c1-2-3-5-4-6-5/h2-3,5-6H,4H2,1H3/b3-2-. The number of allylic oxidation sites excluding steroid dienone is 1. The molecule has 0 radical (unpaired) electrons. The van der Waals surface area contributed by atoms with Crippen LogP contribution in [0.25, 0.3) is 0 Å². The molecule has 0 saturated carbocycles. The molecule has 6 heavy (non-hydrogen) atoms. The Morgan fingerprint density at radius 3 is 2.67 bits per heavy atom. The molecule has 0 amide bonds. The summed E-state index contributed by atoms with van der Waals surface area (Å²) < 4.78 is 0. The molecule has 1 saturated heterocycles. The Bertz CT molecular complexity index is 62.3. The molecular formula is C5H9N. The van der Waals surface area contributed by atoms with Gasteiger partial charge in [-0.2, -0.15) is 0 Å². The van der Waals surface area contributed by atoms with E-state index in [2.05, 4.69) is 17.5 Å². The summed E-state index contributed by atoms with van der Waals surface area (Å²) in [5.74, 6) is 0. The molecule has 1 heteroatoms. The zero-order chi connectivity index (χ0) is 4.41. The largest absolute Gasteiger partial charge is 0.307 e. The minimum absolute atomic E-state index is 0.718. The van der Waals surface area contributed by atoms with E-state index in [1.165, 1.54) is 6.54 Å². The van der Waals surface area contributed by atoms with Gasteiger partial charge in [0.25, 0.3) is 0 Å². The van der Waals surface area contributed by atoms with Crippen LogP contribution >= 0.6 is 0 Å². The van der Waals surface area contributed by atoms with Crippen molar-refractivity contribution in [3.8, 4) is 0 Å². The molecule has 1 rings (SSSR count). The lowest BCUT2D eigenvalue weighted by Crippen LogP contribution is -1.78. The zero-order valence-electron chi connectivity index (χ0n) is 3.94. The van der Waals surface area contributed by atoms with E-state index in [0.29, 0.717) is 0 Å². The highest BCUT2D eigenvalue weighted by molar-refractivity contribution is 5.01. The minimum Gasteiger partial charge on any atom is -0.307 e. The molecule has 1 N–H and O–H groups in total. The van der Waals surface area contributed by atoms with Crippen LogP contribution in [0.4, 0.5) is 0 Å². The average molecular weight is 83.1 g/mol. The Balaban J connectivity index is 2.15. The summed E-state index contributed by atoms with van der Waals surface area (Å²) in [6.45, 7) is 3.23. The van der Waals surface area contributed by atoms with Crippen LogP contribution < -0.4 is 5.32 Å². The maximum Gasteiger partial charge on any atom is 0.0376 e. The van der Waals surface area contributed by atoms with E-state index in [1.54, 1.807) is 0 Å². The van der Waals surface area contributed by atoms with Crippen LogP contribution in [0, 0.1) is 0 Å². The van der Waals surface area contributed by atoms with Crippen molar-refractivity contribution in [2.75, 3.05) is 6.54 Å². The summed E-state index contributed by atoms with van der Waals surface area (Å²) in [6.07, 6.45) is 4.24. The van der Waals surface area contributed by atoms with Gasteiger partial charge in [-0.3, -0.25) is 0 Å². The first-order valence-electron chi connectivity index (χ1n) is 2.29. The van der Waals surface area contributed by atoms with Gasteiger partial charge in [0.2, 0.25) is 0 Å². The van der Waals surface area contributed by atoms with E-state index in [-0.39, 0.29) is 0 Å². The highest BCUT2D eigenvalue weighted by Gasteiger charge is 2.13. The van der Waals surface area contributed by atoms with Crippen LogP contribution in [0.5, 0.6) is 0 Å². The SMILES string of the molecule is C/C=C\C1CN1. The van der Waals surface area contributed by atoms with Crippen LogP contribution in [0.1, 0.15) is 6.92 Å². The van der Waals surface area contributed by atoms with Crippen molar-refractivity contribution in [2.45, 2.75) is 13.0 Å². The summed E-state index contributed by atoms with van der Waals surface area (Å²) in [5.41, 5.74) is 0. The van der Waals surface area contributed by atoms with Gasteiger partial charge in [0.1, 0.15) is 0 Å². The summed E-state index contributed by atoms with van der Waals surface area (Å²) in [4.78, 5) is 0. The van der Waals surface area contributed by atoms with Gasteiger partial charge in [-0.05, 0) is 6.92 Å². The second kappa shape index (κ2) is 1.43. The van der Waals surface area contributed by atoms with Crippen molar-refractivity contribution >= 4 is 0 Å². The van der Waals surface area contributed by atoms with E-state index in [4.69, 9.17) is 0 Å². The first-order chi connectivity index (χ1) is 2.93. The topological polar surface area (TPSA) is 21.9 Å². The number of rotatable bonds is 1. The van der Waals surface area contributed by atoms with E-state index in [0.717, 1.165) is 6.04 Å². The Hall–Kier alpha value is -0.300. The lowest BCUT2D eigenvalue weighted by atomic mass is 10.4. The molecule has 1 nitrogen and oxygen atoms in total. The van der Waals surface area contributed by atoms with Crippen molar-refractivity contribution in [1.29, 1.82) is 0 Å². The van der Waals surface area contributed by atoms with Crippen molar-refractivity contribution in [3.05, 3.63) is 12.2 Å². The molecule has 0 aromatic rings. The smallest absolute Gasteiger partial charge is 0.0376 e. The molecule has 0 aromatic carbocycles. The molecule has 1 unspecified atom stereocenters. The molecular weight excluding hydrogens is 74.1 g/mol. The quantitative estimate of drug-likeness (QED) is 0.362. The molecule has 0 spiro atoms. The molecule has 1 aliphatic heterocycles. The molecule has 1 heterocycles. The zero-order valence-corrected chi connectivity index (χ0v) is 3.94. The van der Waals surface area contributed by atoms with Crippen LogP contribution in [-0.4, -0.2) is 12.6 Å². The Labute approximate surface area is 38.1 Å². The highest BCUT2D eigenvalue weighted by Crippen LogP contribution is 1.95. The highest BCUT2D eigenvalue weighted by atomic mass is 15.1. The summed E-state index contributed by atoms with van der Waals surface area (Å²) >= 11 is 0. The molecule has 1 fully saturated rings. The maximum atomic E-state index is 3.15. The van der Waals surface area contributed by atoms with Crippen LogP contribution in [-0.2, 0) is 0 Å². The normalized spacial score (nSPS) is 31.8. The first kappa shape index (κ1) is 3.88. The van der Waals surface area contributed by atoms with Gasteiger partial charge in [-0.15, -0.1) is 0 Å². The van der Waals surface area contributed by atoms with Crippen LogP contribution in [0.3, 0.4) is 0 Å².